The van der Waals surface area contributed by atoms with Crippen LogP contribution < -0.4 is 10.0 Å². The van der Waals surface area contributed by atoms with Gasteiger partial charge in [0.15, 0.2) is 5.78 Å². The normalized spacial score (nSPS) is 11.1. The summed E-state index contributed by atoms with van der Waals surface area (Å²) in [6, 6.07) is 21.6. The fourth-order valence-corrected chi connectivity index (χ4v) is 3.65. The lowest BCUT2D eigenvalue weighted by Crippen LogP contribution is -2.23. The summed E-state index contributed by atoms with van der Waals surface area (Å²) in [7, 11) is -3.71. The number of hydrogen-bond donors (Lipinski definition) is 2. The van der Waals surface area contributed by atoms with Crippen LogP contribution in [0.5, 0.6) is 0 Å². The third-order valence-electron chi connectivity index (χ3n) is 4.29. The van der Waals surface area contributed by atoms with Crippen LogP contribution in [0.2, 0.25) is 0 Å². The van der Waals surface area contributed by atoms with Gasteiger partial charge in [0, 0.05) is 23.4 Å². The van der Waals surface area contributed by atoms with Crippen LogP contribution in [0.3, 0.4) is 0 Å². The lowest BCUT2D eigenvalue weighted by Gasteiger charge is -2.09. The number of amides is 1. The fourth-order valence-electron chi connectivity index (χ4n) is 2.63. The highest BCUT2D eigenvalue weighted by atomic mass is 32.2. The molecule has 0 aromatic heterocycles. The van der Waals surface area contributed by atoms with Crippen molar-refractivity contribution in [2.24, 2.45) is 0 Å². The maximum absolute atomic E-state index is 12.4. The second kappa shape index (κ2) is 8.81. The van der Waals surface area contributed by atoms with E-state index in [1.807, 2.05) is 18.2 Å². The highest BCUT2D eigenvalue weighted by Gasteiger charge is 2.14. The third kappa shape index (κ3) is 5.37. The van der Waals surface area contributed by atoms with E-state index in [1.54, 1.807) is 36.4 Å². The minimum atomic E-state index is -3.71. The Labute approximate surface area is 169 Å². The van der Waals surface area contributed by atoms with Crippen molar-refractivity contribution in [2.45, 2.75) is 18.4 Å². The van der Waals surface area contributed by atoms with E-state index in [2.05, 4.69) is 10.0 Å². The number of para-hydroxylation sites is 1. The van der Waals surface area contributed by atoms with Gasteiger partial charge >= 0.3 is 0 Å². The molecule has 2 N–H and O–H groups in total. The molecule has 0 heterocycles. The van der Waals surface area contributed by atoms with Gasteiger partial charge in [0.1, 0.15) is 0 Å². The summed E-state index contributed by atoms with van der Waals surface area (Å²) in [5.41, 5.74) is 2.34. The van der Waals surface area contributed by atoms with Crippen LogP contribution in [0.1, 0.15) is 33.2 Å². The first kappa shape index (κ1) is 20.4. The summed E-state index contributed by atoms with van der Waals surface area (Å²) in [5, 5.41) is 2.79. The number of carbonyl (C=O) groups is 2. The highest BCUT2D eigenvalue weighted by molar-refractivity contribution is 7.89. The summed E-state index contributed by atoms with van der Waals surface area (Å²) in [6.45, 7) is 1.50. The Morgan fingerprint density at radius 1 is 0.793 bits per heavy atom. The topological polar surface area (TPSA) is 92.3 Å². The molecule has 0 aliphatic rings. The average molecular weight is 408 g/mol. The van der Waals surface area contributed by atoms with E-state index in [0.29, 0.717) is 22.4 Å². The molecule has 0 unspecified atom stereocenters. The van der Waals surface area contributed by atoms with Gasteiger partial charge in [-0.1, -0.05) is 42.5 Å². The molecule has 0 saturated heterocycles. The van der Waals surface area contributed by atoms with Crippen LogP contribution in [0.15, 0.2) is 83.8 Å². The van der Waals surface area contributed by atoms with Gasteiger partial charge in [0.2, 0.25) is 10.0 Å². The Morgan fingerprint density at radius 3 is 1.97 bits per heavy atom. The maximum Gasteiger partial charge on any atom is 0.255 e. The summed E-state index contributed by atoms with van der Waals surface area (Å²) in [4.78, 5) is 23.6. The molecule has 6 nitrogen and oxygen atoms in total. The largest absolute Gasteiger partial charge is 0.322 e. The first-order valence-corrected chi connectivity index (χ1v) is 10.4. The summed E-state index contributed by atoms with van der Waals surface area (Å²) in [6.07, 6.45) is 0. The first-order valence-electron chi connectivity index (χ1n) is 8.91. The molecule has 0 aliphatic heterocycles. The monoisotopic (exact) mass is 408 g/mol. The first-order chi connectivity index (χ1) is 13.8. The lowest BCUT2D eigenvalue weighted by molar-refractivity contribution is 0.101. The summed E-state index contributed by atoms with van der Waals surface area (Å²) < 4.78 is 27.3. The number of sulfonamides is 1. The van der Waals surface area contributed by atoms with Gasteiger partial charge < -0.3 is 5.32 Å². The van der Waals surface area contributed by atoms with Crippen molar-refractivity contribution in [1.29, 1.82) is 0 Å². The Bertz CT molecular complexity index is 1110. The number of carbonyl (C=O) groups excluding carboxylic acids is 2. The molecule has 7 heteroatoms. The Kier molecular flexibility index (Phi) is 6.21. The zero-order valence-corrected chi connectivity index (χ0v) is 16.6. The standard InChI is InChI=1S/C22H20N2O4S/c1-16(25)18-11-13-21(14-12-18)29(27,28)23-15-17-7-9-19(10-8-17)22(26)24-20-5-3-2-4-6-20/h2-14,23H,15H2,1H3,(H,24,26). The Morgan fingerprint density at radius 2 is 1.38 bits per heavy atom. The molecular formula is C22H20N2O4S. The number of ketones is 1. The van der Waals surface area contributed by atoms with E-state index >= 15 is 0 Å². The molecule has 148 valence electrons. The molecule has 1 amide bonds. The van der Waals surface area contributed by atoms with Crippen LogP contribution in [0, 0.1) is 0 Å². The van der Waals surface area contributed by atoms with Gasteiger partial charge in [0.05, 0.1) is 4.90 Å². The lowest BCUT2D eigenvalue weighted by atomic mass is 10.1. The highest BCUT2D eigenvalue weighted by Crippen LogP contribution is 2.13. The number of nitrogens with one attached hydrogen (secondary N) is 2. The second-order valence-corrected chi connectivity index (χ2v) is 8.19. The van der Waals surface area contributed by atoms with Crippen molar-refractivity contribution in [2.75, 3.05) is 5.32 Å². The van der Waals surface area contributed by atoms with Gasteiger partial charge in [-0.3, -0.25) is 9.59 Å². The van der Waals surface area contributed by atoms with Crippen molar-refractivity contribution < 1.29 is 18.0 Å². The van der Waals surface area contributed by atoms with Gasteiger partial charge in [-0.15, -0.1) is 0 Å². The second-order valence-electron chi connectivity index (χ2n) is 6.42. The third-order valence-corrected chi connectivity index (χ3v) is 5.70. The zero-order chi connectivity index (χ0) is 20.9. The molecule has 0 aliphatic carbocycles. The minimum absolute atomic E-state index is 0.0807. The van der Waals surface area contributed by atoms with Gasteiger partial charge in [-0.2, -0.15) is 0 Å². The van der Waals surface area contributed by atoms with Crippen LogP contribution >= 0.6 is 0 Å². The van der Waals surface area contributed by atoms with Crippen molar-refractivity contribution in [3.05, 3.63) is 95.6 Å². The molecule has 0 fully saturated rings. The van der Waals surface area contributed by atoms with Crippen LogP contribution in [-0.4, -0.2) is 20.1 Å². The molecule has 3 rings (SSSR count). The molecule has 29 heavy (non-hydrogen) atoms. The molecule has 0 radical (unpaired) electrons. The van der Waals surface area contributed by atoms with E-state index in [0.717, 1.165) is 0 Å². The van der Waals surface area contributed by atoms with Crippen LogP contribution in [-0.2, 0) is 16.6 Å². The van der Waals surface area contributed by atoms with E-state index in [-0.39, 0.29) is 23.1 Å². The predicted molar refractivity (Wildman–Crippen MR) is 111 cm³/mol. The number of Topliss-reactive ketones (excluding diaryl/α,β-unsaturated/α-hetero) is 1. The van der Waals surface area contributed by atoms with Gasteiger partial charge in [-0.05, 0) is 48.9 Å². The number of hydrogen-bond acceptors (Lipinski definition) is 4. The van der Waals surface area contributed by atoms with E-state index < -0.39 is 10.0 Å². The molecule has 3 aromatic carbocycles. The van der Waals surface area contributed by atoms with E-state index in [1.165, 1.54) is 31.2 Å². The molecule has 0 spiro atoms. The van der Waals surface area contributed by atoms with Gasteiger partial charge in [0.25, 0.3) is 5.91 Å². The summed E-state index contributed by atoms with van der Waals surface area (Å²) >= 11 is 0. The SMILES string of the molecule is CC(=O)c1ccc(S(=O)(=O)NCc2ccc(C(=O)Nc3ccccc3)cc2)cc1. The van der Waals surface area contributed by atoms with Crippen molar-refractivity contribution in [3.63, 3.8) is 0 Å². The average Bonchev–Trinajstić information content (AvgIpc) is 2.73. The van der Waals surface area contributed by atoms with Crippen LogP contribution in [0.25, 0.3) is 0 Å². The molecule has 3 aromatic rings. The minimum Gasteiger partial charge on any atom is -0.322 e. The smallest absolute Gasteiger partial charge is 0.255 e. The molecular weight excluding hydrogens is 388 g/mol. The molecule has 0 bridgehead atoms. The van der Waals surface area contributed by atoms with Gasteiger partial charge in [-0.25, -0.2) is 13.1 Å². The summed E-state index contributed by atoms with van der Waals surface area (Å²) in [5.74, 6) is -0.368. The Hall–Kier alpha value is -3.29. The quantitative estimate of drug-likeness (QED) is 0.584. The molecule has 0 saturated carbocycles. The van der Waals surface area contributed by atoms with E-state index in [9.17, 15) is 18.0 Å². The van der Waals surface area contributed by atoms with E-state index in [4.69, 9.17) is 0 Å². The number of rotatable bonds is 7. The maximum atomic E-state index is 12.4. The zero-order valence-electron chi connectivity index (χ0n) is 15.8. The molecule has 0 atom stereocenters. The predicted octanol–water partition coefficient (Wildman–Crippen LogP) is 3.62. The number of benzene rings is 3. The number of anilines is 1. The van der Waals surface area contributed by atoms with Crippen molar-refractivity contribution in [1.82, 2.24) is 4.72 Å². The van der Waals surface area contributed by atoms with Crippen molar-refractivity contribution in [3.8, 4) is 0 Å². The van der Waals surface area contributed by atoms with Crippen molar-refractivity contribution >= 4 is 27.4 Å². The fraction of sp³-hybridized carbons (Fsp3) is 0.0909. The van der Waals surface area contributed by atoms with Crippen LogP contribution in [0.4, 0.5) is 5.69 Å². The Balaban J connectivity index is 1.62.